The summed E-state index contributed by atoms with van der Waals surface area (Å²) in [7, 11) is 0. The first kappa shape index (κ1) is 33.6. The molecule has 0 unspecified atom stereocenters. The van der Waals surface area contributed by atoms with Crippen LogP contribution in [0.5, 0.6) is 0 Å². The molecule has 0 spiro atoms. The molecule has 264 valence electrons. The molecule has 0 aliphatic heterocycles. The molecule has 2 heteroatoms. The van der Waals surface area contributed by atoms with Crippen LogP contribution in [0.4, 0.5) is 17.1 Å². The van der Waals surface area contributed by atoms with Crippen molar-refractivity contribution in [3.05, 3.63) is 224 Å². The third kappa shape index (κ3) is 6.36. The number of anilines is 3. The predicted octanol–water partition coefficient (Wildman–Crippen LogP) is 15.9. The lowest BCUT2D eigenvalue weighted by Crippen LogP contribution is -2.10. The van der Waals surface area contributed by atoms with E-state index in [9.17, 15) is 0 Å². The standard InChI is InChI=1S/C54H37NS/c1-4-14-38(15-5-1)43-20-10-22-45(36-43)40-28-32-47(33-29-40)55(48-34-30-41(31-35-48)46-23-11-21-44(37-46)39-16-6-2-7-17-39)51-26-12-25-50-53-49(42-18-8-3-9-19-42)24-13-27-52(53)56-54(50)51/h1-37H. The largest absolute Gasteiger partial charge is 0.309 e. The van der Waals surface area contributed by atoms with E-state index in [0.717, 1.165) is 11.4 Å². The molecule has 0 bridgehead atoms. The van der Waals surface area contributed by atoms with Crippen LogP contribution in [0.3, 0.4) is 0 Å². The minimum absolute atomic E-state index is 1.11. The van der Waals surface area contributed by atoms with Crippen LogP contribution >= 0.6 is 11.3 Å². The van der Waals surface area contributed by atoms with E-state index >= 15 is 0 Å². The molecule has 10 rings (SSSR count). The number of benzene rings is 9. The first-order valence-electron chi connectivity index (χ1n) is 19.1. The highest BCUT2D eigenvalue weighted by Gasteiger charge is 2.20. The van der Waals surface area contributed by atoms with Gasteiger partial charge >= 0.3 is 0 Å². The van der Waals surface area contributed by atoms with Gasteiger partial charge in [-0.2, -0.15) is 0 Å². The highest BCUT2D eigenvalue weighted by Crippen LogP contribution is 2.47. The van der Waals surface area contributed by atoms with Gasteiger partial charge < -0.3 is 4.90 Å². The average molecular weight is 732 g/mol. The zero-order chi connectivity index (χ0) is 37.3. The second-order valence-electron chi connectivity index (χ2n) is 14.1. The van der Waals surface area contributed by atoms with E-state index in [0.29, 0.717) is 0 Å². The third-order valence-electron chi connectivity index (χ3n) is 10.7. The topological polar surface area (TPSA) is 3.24 Å². The maximum atomic E-state index is 2.42. The smallest absolute Gasteiger partial charge is 0.0640 e. The molecular weight excluding hydrogens is 695 g/mol. The van der Waals surface area contributed by atoms with Crippen molar-refractivity contribution < 1.29 is 0 Å². The van der Waals surface area contributed by atoms with Crippen LogP contribution in [0.2, 0.25) is 0 Å². The Balaban J connectivity index is 1.09. The Morgan fingerprint density at radius 1 is 0.304 bits per heavy atom. The van der Waals surface area contributed by atoms with Crippen LogP contribution in [-0.2, 0) is 0 Å². The lowest BCUT2D eigenvalue weighted by atomic mass is 9.98. The van der Waals surface area contributed by atoms with Gasteiger partial charge in [-0.3, -0.25) is 0 Å². The Bertz CT molecular complexity index is 2800. The fraction of sp³-hybridized carbons (Fsp3) is 0. The number of thiophene rings is 1. The molecule has 0 saturated carbocycles. The summed E-state index contributed by atoms with van der Waals surface area (Å²) in [5, 5.41) is 2.58. The normalized spacial score (nSPS) is 11.2. The molecule has 0 saturated heterocycles. The summed E-state index contributed by atoms with van der Waals surface area (Å²) < 4.78 is 2.56. The van der Waals surface area contributed by atoms with E-state index < -0.39 is 0 Å². The van der Waals surface area contributed by atoms with Gasteiger partial charge in [0.2, 0.25) is 0 Å². The fourth-order valence-corrected chi connectivity index (χ4v) is 9.15. The third-order valence-corrected chi connectivity index (χ3v) is 11.9. The molecule has 0 aliphatic carbocycles. The highest BCUT2D eigenvalue weighted by atomic mass is 32.1. The molecule has 56 heavy (non-hydrogen) atoms. The lowest BCUT2D eigenvalue weighted by Gasteiger charge is -2.26. The fourth-order valence-electron chi connectivity index (χ4n) is 7.92. The van der Waals surface area contributed by atoms with E-state index in [1.165, 1.54) is 81.5 Å². The molecule has 0 aliphatic rings. The molecule has 9 aromatic carbocycles. The van der Waals surface area contributed by atoms with Crippen LogP contribution in [0.1, 0.15) is 0 Å². The quantitative estimate of drug-likeness (QED) is 0.150. The van der Waals surface area contributed by atoms with Gasteiger partial charge in [-0.25, -0.2) is 0 Å². The summed E-state index contributed by atoms with van der Waals surface area (Å²) in [4.78, 5) is 2.42. The number of rotatable bonds is 8. The molecule has 1 aromatic heterocycles. The molecule has 1 heterocycles. The minimum Gasteiger partial charge on any atom is -0.309 e. The summed E-state index contributed by atoms with van der Waals surface area (Å²) in [6, 6.07) is 81.2. The second kappa shape index (κ2) is 14.7. The number of nitrogens with zero attached hydrogens (tertiary/aromatic N) is 1. The van der Waals surface area contributed by atoms with Crippen molar-refractivity contribution in [1.82, 2.24) is 0 Å². The van der Waals surface area contributed by atoms with Crippen LogP contribution in [-0.4, -0.2) is 0 Å². The van der Waals surface area contributed by atoms with E-state index in [4.69, 9.17) is 0 Å². The van der Waals surface area contributed by atoms with E-state index in [1.807, 2.05) is 11.3 Å². The molecule has 0 fully saturated rings. The van der Waals surface area contributed by atoms with Crippen LogP contribution in [0, 0.1) is 0 Å². The Labute approximate surface area is 332 Å². The van der Waals surface area contributed by atoms with Crippen LogP contribution < -0.4 is 4.90 Å². The second-order valence-corrected chi connectivity index (χ2v) is 15.2. The summed E-state index contributed by atoms with van der Waals surface area (Å²) in [5.74, 6) is 0. The molecule has 0 amide bonds. The van der Waals surface area contributed by atoms with E-state index in [1.54, 1.807) is 0 Å². The van der Waals surface area contributed by atoms with Gasteiger partial charge in [-0.15, -0.1) is 11.3 Å². The molecule has 0 N–H and O–H groups in total. The van der Waals surface area contributed by atoms with Gasteiger partial charge in [-0.05, 0) is 104 Å². The van der Waals surface area contributed by atoms with Crippen molar-refractivity contribution in [2.75, 3.05) is 4.90 Å². The lowest BCUT2D eigenvalue weighted by molar-refractivity contribution is 1.30. The van der Waals surface area contributed by atoms with Crippen molar-refractivity contribution in [2.45, 2.75) is 0 Å². The van der Waals surface area contributed by atoms with Gasteiger partial charge in [0.25, 0.3) is 0 Å². The Morgan fingerprint density at radius 3 is 1.21 bits per heavy atom. The van der Waals surface area contributed by atoms with E-state index in [2.05, 4.69) is 229 Å². The highest BCUT2D eigenvalue weighted by molar-refractivity contribution is 7.26. The number of hydrogen-bond donors (Lipinski definition) is 0. The minimum atomic E-state index is 1.11. The van der Waals surface area contributed by atoms with Gasteiger partial charge in [0.1, 0.15) is 0 Å². The van der Waals surface area contributed by atoms with Gasteiger partial charge in [-0.1, -0.05) is 176 Å². The van der Waals surface area contributed by atoms with E-state index in [-0.39, 0.29) is 0 Å². The summed E-state index contributed by atoms with van der Waals surface area (Å²) >= 11 is 1.87. The van der Waals surface area contributed by atoms with Crippen LogP contribution in [0.15, 0.2) is 224 Å². The molecule has 0 radical (unpaired) electrons. The first-order valence-corrected chi connectivity index (χ1v) is 19.9. The monoisotopic (exact) mass is 731 g/mol. The van der Waals surface area contributed by atoms with Crippen molar-refractivity contribution >= 4 is 48.6 Å². The summed E-state index contributed by atoms with van der Waals surface area (Å²) in [6.45, 7) is 0. The summed E-state index contributed by atoms with van der Waals surface area (Å²) in [5.41, 5.74) is 15.5. The van der Waals surface area contributed by atoms with Crippen molar-refractivity contribution in [3.63, 3.8) is 0 Å². The average Bonchev–Trinajstić information content (AvgIpc) is 3.68. The van der Waals surface area contributed by atoms with Crippen molar-refractivity contribution in [3.8, 4) is 55.6 Å². The zero-order valence-corrected chi connectivity index (χ0v) is 31.5. The van der Waals surface area contributed by atoms with Gasteiger partial charge in [0, 0.05) is 26.8 Å². The molecule has 0 atom stereocenters. The first-order chi connectivity index (χ1) is 27.8. The van der Waals surface area contributed by atoms with Gasteiger partial charge in [0.05, 0.1) is 10.4 Å². The predicted molar refractivity (Wildman–Crippen MR) is 241 cm³/mol. The Kier molecular flexibility index (Phi) is 8.79. The number of fused-ring (bicyclic) bond motifs is 3. The van der Waals surface area contributed by atoms with Crippen LogP contribution in [0.25, 0.3) is 75.8 Å². The Morgan fingerprint density at radius 2 is 0.714 bits per heavy atom. The number of hydrogen-bond acceptors (Lipinski definition) is 2. The van der Waals surface area contributed by atoms with Gasteiger partial charge in [0.15, 0.2) is 0 Å². The molecule has 1 nitrogen and oxygen atoms in total. The van der Waals surface area contributed by atoms with Crippen molar-refractivity contribution in [2.24, 2.45) is 0 Å². The molecule has 10 aromatic rings. The molecular formula is C54H37NS. The maximum Gasteiger partial charge on any atom is 0.0640 e. The zero-order valence-electron chi connectivity index (χ0n) is 30.7. The van der Waals surface area contributed by atoms with Crippen molar-refractivity contribution in [1.29, 1.82) is 0 Å². The Hall–Kier alpha value is -7.00. The SMILES string of the molecule is c1ccc(-c2cccc(-c3ccc(N(c4ccc(-c5cccc(-c6ccccc6)c5)cc4)c4cccc5c4sc4cccc(-c6ccccc6)c45)cc3)c2)cc1. The summed E-state index contributed by atoms with van der Waals surface area (Å²) in [6.07, 6.45) is 0. The maximum absolute atomic E-state index is 2.42.